The molecule has 0 aliphatic heterocycles. The third-order valence-corrected chi connectivity index (χ3v) is 4.51. The molecule has 0 heterocycles. The summed E-state index contributed by atoms with van der Waals surface area (Å²) in [4.78, 5) is 0. The van der Waals surface area contributed by atoms with Gasteiger partial charge in [0.25, 0.3) is 0 Å². The summed E-state index contributed by atoms with van der Waals surface area (Å²) in [5.41, 5.74) is 5.67. The molecular weight excluding hydrogens is 198 g/mol. The van der Waals surface area contributed by atoms with Crippen LogP contribution in [-0.4, -0.2) is 26.5 Å². The van der Waals surface area contributed by atoms with Gasteiger partial charge in [0.15, 0.2) is 0 Å². The maximum atomic E-state index is 11.3. The smallest absolute Gasteiger partial charge is 0.150 e. The minimum absolute atomic E-state index is 0.00299. The van der Waals surface area contributed by atoms with Gasteiger partial charge in [-0.25, -0.2) is 8.42 Å². The van der Waals surface area contributed by atoms with Crippen LogP contribution < -0.4 is 5.73 Å². The van der Waals surface area contributed by atoms with Crippen LogP contribution in [0.5, 0.6) is 0 Å². The minimum atomic E-state index is -2.84. The molecule has 0 saturated heterocycles. The van der Waals surface area contributed by atoms with E-state index in [1.54, 1.807) is 6.92 Å². The molecule has 0 aromatic rings. The van der Waals surface area contributed by atoms with Gasteiger partial charge in [0.2, 0.25) is 0 Å². The summed E-state index contributed by atoms with van der Waals surface area (Å²) < 4.78 is 22.7. The quantitative estimate of drug-likeness (QED) is 0.710. The molecule has 14 heavy (non-hydrogen) atoms. The SMILES string of the molecule is CCCC(C)(CN)CCS(=O)(=O)CC. The number of sulfone groups is 1. The Hall–Kier alpha value is -0.0900. The lowest BCUT2D eigenvalue weighted by Gasteiger charge is -2.27. The molecule has 0 saturated carbocycles. The van der Waals surface area contributed by atoms with Crippen LogP contribution in [0.15, 0.2) is 0 Å². The number of nitrogens with two attached hydrogens (primary N) is 1. The Bertz CT molecular complexity index is 249. The van der Waals surface area contributed by atoms with E-state index in [1.165, 1.54) is 0 Å². The van der Waals surface area contributed by atoms with Crippen molar-refractivity contribution in [3.05, 3.63) is 0 Å². The Morgan fingerprint density at radius 1 is 1.21 bits per heavy atom. The molecule has 1 unspecified atom stereocenters. The lowest BCUT2D eigenvalue weighted by atomic mass is 9.83. The molecule has 0 aliphatic carbocycles. The Balaban J connectivity index is 4.21. The zero-order valence-electron chi connectivity index (χ0n) is 9.54. The molecule has 0 amide bonds. The fourth-order valence-electron chi connectivity index (χ4n) is 1.48. The molecule has 0 fully saturated rings. The van der Waals surface area contributed by atoms with Crippen molar-refractivity contribution in [3.8, 4) is 0 Å². The van der Waals surface area contributed by atoms with Gasteiger partial charge in [-0.2, -0.15) is 0 Å². The van der Waals surface area contributed by atoms with Gasteiger partial charge >= 0.3 is 0 Å². The highest BCUT2D eigenvalue weighted by Crippen LogP contribution is 2.26. The average molecular weight is 221 g/mol. The fourth-order valence-corrected chi connectivity index (χ4v) is 2.57. The fraction of sp³-hybridized carbons (Fsp3) is 1.00. The summed E-state index contributed by atoms with van der Waals surface area (Å²) in [6, 6.07) is 0. The molecule has 86 valence electrons. The van der Waals surface area contributed by atoms with Gasteiger partial charge < -0.3 is 5.73 Å². The zero-order valence-corrected chi connectivity index (χ0v) is 10.4. The molecule has 0 aromatic carbocycles. The predicted octanol–water partition coefficient (Wildman–Crippen LogP) is 1.58. The first-order valence-corrected chi connectivity index (χ1v) is 7.12. The number of hydrogen-bond donors (Lipinski definition) is 1. The van der Waals surface area contributed by atoms with Crippen molar-refractivity contribution in [2.75, 3.05) is 18.1 Å². The Kier molecular flexibility index (Phi) is 5.67. The lowest BCUT2D eigenvalue weighted by Crippen LogP contribution is -2.29. The molecule has 0 bridgehead atoms. The van der Waals surface area contributed by atoms with Gasteiger partial charge in [-0.15, -0.1) is 0 Å². The van der Waals surface area contributed by atoms with Gasteiger partial charge in [0, 0.05) is 5.75 Å². The van der Waals surface area contributed by atoms with E-state index in [0.29, 0.717) is 13.0 Å². The van der Waals surface area contributed by atoms with Crippen molar-refractivity contribution < 1.29 is 8.42 Å². The van der Waals surface area contributed by atoms with Crippen LogP contribution in [0, 0.1) is 5.41 Å². The van der Waals surface area contributed by atoms with E-state index < -0.39 is 9.84 Å². The number of rotatable bonds is 7. The summed E-state index contributed by atoms with van der Waals surface area (Å²) in [5.74, 6) is 0.511. The van der Waals surface area contributed by atoms with E-state index in [-0.39, 0.29) is 16.9 Å². The van der Waals surface area contributed by atoms with Crippen LogP contribution in [0.3, 0.4) is 0 Å². The minimum Gasteiger partial charge on any atom is -0.330 e. The van der Waals surface area contributed by atoms with Crippen LogP contribution >= 0.6 is 0 Å². The molecule has 0 aromatic heterocycles. The summed E-state index contributed by atoms with van der Waals surface area (Å²) in [7, 11) is -2.84. The third-order valence-electron chi connectivity index (χ3n) is 2.80. The summed E-state index contributed by atoms with van der Waals surface area (Å²) >= 11 is 0. The zero-order chi connectivity index (χ0) is 11.2. The van der Waals surface area contributed by atoms with E-state index in [0.717, 1.165) is 12.8 Å². The largest absolute Gasteiger partial charge is 0.330 e. The third kappa shape index (κ3) is 4.96. The van der Waals surface area contributed by atoms with E-state index in [2.05, 4.69) is 13.8 Å². The van der Waals surface area contributed by atoms with Crippen LogP contribution in [-0.2, 0) is 9.84 Å². The first-order chi connectivity index (χ1) is 6.39. The van der Waals surface area contributed by atoms with Gasteiger partial charge in [-0.1, -0.05) is 27.2 Å². The van der Waals surface area contributed by atoms with E-state index in [4.69, 9.17) is 5.73 Å². The van der Waals surface area contributed by atoms with Crippen molar-refractivity contribution in [1.29, 1.82) is 0 Å². The van der Waals surface area contributed by atoms with Crippen LogP contribution in [0.1, 0.15) is 40.0 Å². The lowest BCUT2D eigenvalue weighted by molar-refractivity contribution is 0.294. The second-order valence-corrected chi connectivity index (χ2v) is 6.72. The van der Waals surface area contributed by atoms with Crippen LogP contribution in [0.2, 0.25) is 0 Å². The normalized spacial score (nSPS) is 16.6. The second-order valence-electron chi connectivity index (χ2n) is 4.25. The summed E-state index contributed by atoms with van der Waals surface area (Å²) in [5, 5.41) is 0. The molecule has 0 aliphatic rings. The van der Waals surface area contributed by atoms with E-state index >= 15 is 0 Å². The number of hydrogen-bond acceptors (Lipinski definition) is 3. The van der Waals surface area contributed by atoms with Gasteiger partial charge in [0.05, 0.1) is 5.75 Å². The summed E-state index contributed by atoms with van der Waals surface area (Å²) in [6.07, 6.45) is 2.75. The van der Waals surface area contributed by atoms with Crippen molar-refractivity contribution in [2.24, 2.45) is 11.1 Å². The monoisotopic (exact) mass is 221 g/mol. The maximum absolute atomic E-state index is 11.3. The van der Waals surface area contributed by atoms with E-state index in [1.807, 2.05) is 0 Å². The summed E-state index contributed by atoms with van der Waals surface area (Å²) in [6.45, 7) is 6.43. The second kappa shape index (κ2) is 5.71. The van der Waals surface area contributed by atoms with Gasteiger partial charge in [0.1, 0.15) is 9.84 Å². The van der Waals surface area contributed by atoms with Crippen molar-refractivity contribution in [3.63, 3.8) is 0 Å². The molecule has 0 rings (SSSR count). The van der Waals surface area contributed by atoms with Crippen molar-refractivity contribution in [2.45, 2.75) is 40.0 Å². The topological polar surface area (TPSA) is 60.2 Å². The standard InChI is InChI=1S/C10H23NO2S/c1-4-6-10(3,9-11)7-8-14(12,13)5-2/h4-9,11H2,1-3H3. The Morgan fingerprint density at radius 3 is 2.14 bits per heavy atom. The van der Waals surface area contributed by atoms with Crippen LogP contribution in [0.25, 0.3) is 0 Å². The molecule has 0 radical (unpaired) electrons. The Labute approximate surface area is 88.0 Å². The molecule has 3 nitrogen and oxygen atoms in total. The van der Waals surface area contributed by atoms with Gasteiger partial charge in [-0.3, -0.25) is 0 Å². The highest BCUT2D eigenvalue weighted by atomic mass is 32.2. The molecule has 1 atom stereocenters. The Morgan fingerprint density at radius 2 is 1.79 bits per heavy atom. The molecular formula is C10H23NO2S. The van der Waals surface area contributed by atoms with Crippen LogP contribution in [0.4, 0.5) is 0 Å². The first kappa shape index (κ1) is 13.9. The molecule has 4 heteroatoms. The predicted molar refractivity (Wildman–Crippen MR) is 61.0 cm³/mol. The average Bonchev–Trinajstić information content (AvgIpc) is 2.16. The highest BCUT2D eigenvalue weighted by Gasteiger charge is 2.23. The first-order valence-electron chi connectivity index (χ1n) is 5.29. The van der Waals surface area contributed by atoms with Gasteiger partial charge in [-0.05, 0) is 24.8 Å². The molecule has 0 spiro atoms. The highest BCUT2D eigenvalue weighted by molar-refractivity contribution is 7.91. The van der Waals surface area contributed by atoms with E-state index in [9.17, 15) is 8.42 Å². The van der Waals surface area contributed by atoms with Crippen molar-refractivity contribution >= 4 is 9.84 Å². The maximum Gasteiger partial charge on any atom is 0.150 e. The van der Waals surface area contributed by atoms with Crippen molar-refractivity contribution in [1.82, 2.24) is 0 Å². The molecule has 2 N–H and O–H groups in total.